The number of rotatable bonds is 2. The first-order valence-electron chi connectivity index (χ1n) is 6.47. The van der Waals surface area contributed by atoms with E-state index in [-0.39, 0.29) is 17.6 Å². The van der Waals surface area contributed by atoms with Crippen LogP contribution in [-0.4, -0.2) is 34.1 Å². The second-order valence-corrected chi connectivity index (χ2v) is 6.54. The maximum absolute atomic E-state index is 12.4. The summed E-state index contributed by atoms with van der Waals surface area (Å²) in [6, 6.07) is 0. The van der Waals surface area contributed by atoms with Crippen molar-refractivity contribution in [1.29, 1.82) is 0 Å². The van der Waals surface area contributed by atoms with Gasteiger partial charge in [-0.1, -0.05) is 0 Å². The van der Waals surface area contributed by atoms with Gasteiger partial charge in [-0.25, -0.2) is 4.98 Å². The van der Waals surface area contributed by atoms with Crippen LogP contribution in [0.25, 0.3) is 10.2 Å². The highest BCUT2D eigenvalue weighted by Gasteiger charge is 2.18. The van der Waals surface area contributed by atoms with E-state index in [0.717, 1.165) is 0 Å². The van der Waals surface area contributed by atoms with Gasteiger partial charge in [0.05, 0.1) is 29.5 Å². The molecule has 0 fully saturated rings. The summed E-state index contributed by atoms with van der Waals surface area (Å²) in [4.78, 5) is 18.9. The molecule has 3 rings (SSSR count). The van der Waals surface area contributed by atoms with Crippen LogP contribution in [0.5, 0.6) is 0 Å². The molecule has 0 spiro atoms. The first-order chi connectivity index (χ1) is 9.86. The molecule has 0 unspecified atom stereocenters. The molecule has 0 radical (unpaired) electrons. The third kappa shape index (κ3) is 2.44. The minimum Gasteiger partial charge on any atom is -0.291 e. The highest BCUT2D eigenvalue weighted by Crippen LogP contribution is 2.15. The smallest absolute Gasteiger partial charge is 0.264 e. The molecule has 21 heavy (non-hydrogen) atoms. The summed E-state index contributed by atoms with van der Waals surface area (Å²) in [7, 11) is 0. The molecule has 0 saturated carbocycles. The normalized spacial score (nSPS) is 12.2. The van der Waals surface area contributed by atoms with E-state index in [2.05, 4.69) is 24.8 Å². The second-order valence-electron chi connectivity index (χ2n) is 5.79. The molecule has 110 valence electrons. The van der Waals surface area contributed by atoms with Gasteiger partial charge in [-0.2, -0.15) is 9.17 Å². The Morgan fingerprint density at radius 2 is 2.10 bits per heavy atom. The highest BCUT2D eigenvalue weighted by atomic mass is 32.1. The van der Waals surface area contributed by atoms with Crippen molar-refractivity contribution in [2.75, 3.05) is 0 Å². The summed E-state index contributed by atoms with van der Waals surface area (Å²) in [6.45, 7) is 8.00. The zero-order chi connectivity index (χ0) is 15.2. The Labute approximate surface area is 124 Å². The number of hydrogen-bond acceptors (Lipinski definition) is 7. The van der Waals surface area contributed by atoms with Crippen molar-refractivity contribution in [1.82, 2.24) is 34.1 Å². The molecule has 8 nitrogen and oxygen atoms in total. The van der Waals surface area contributed by atoms with E-state index in [4.69, 9.17) is 0 Å². The van der Waals surface area contributed by atoms with E-state index < -0.39 is 0 Å². The third-order valence-electron chi connectivity index (χ3n) is 3.00. The SMILES string of the molecule is Cc1nsc2ncn(Cc3nnn(C(C)(C)C)n3)c(=O)c12. The van der Waals surface area contributed by atoms with Crippen LogP contribution < -0.4 is 5.56 Å². The molecule has 0 saturated heterocycles. The Morgan fingerprint density at radius 3 is 2.76 bits per heavy atom. The van der Waals surface area contributed by atoms with Gasteiger partial charge in [0.2, 0.25) is 0 Å². The average Bonchev–Trinajstić information content (AvgIpc) is 3.00. The van der Waals surface area contributed by atoms with Crippen molar-refractivity contribution in [3.05, 3.63) is 28.2 Å². The number of hydrogen-bond donors (Lipinski definition) is 0. The van der Waals surface area contributed by atoms with Crippen LogP contribution in [-0.2, 0) is 12.1 Å². The zero-order valence-electron chi connectivity index (χ0n) is 12.2. The Bertz CT molecular complexity index is 854. The average molecular weight is 305 g/mol. The van der Waals surface area contributed by atoms with Gasteiger partial charge in [0.1, 0.15) is 0 Å². The third-order valence-corrected chi connectivity index (χ3v) is 3.85. The molecule has 9 heteroatoms. The number of aryl methyl sites for hydroxylation is 1. The van der Waals surface area contributed by atoms with Gasteiger partial charge in [0.25, 0.3) is 5.56 Å². The van der Waals surface area contributed by atoms with Crippen LogP contribution in [0.4, 0.5) is 0 Å². The standard InChI is InChI=1S/C12H15N7OS/c1-7-9-10(21-16-7)13-6-18(11(9)20)5-8-14-17-19(15-8)12(2,3)4/h6H,5H2,1-4H3. The van der Waals surface area contributed by atoms with Crippen LogP contribution >= 0.6 is 11.5 Å². The molecule has 0 bridgehead atoms. The van der Waals surface area contributed by atoms with Crippen LogP contribution in [0.15, 0.2) is 11.1 Å². The zero-order valence-corrected chi connectivity index (χ0v) is 13.0. The first-order valence-corrected chi connectivity index (χ1v) is 7.24. The van der Waals surface area contributed by atoms with Gasteiger partial charge in [-0.05, 0) is 44.4 Å². The molecule has 0 N–H and O–H groups in total. The summed E-state index contributed by atoms with van der Waals surface area (Å²) in [5, 5.41) is 12.9. The summed E-state index contributed by atoms with van der Waals surface area (Å²) >= 11 is 1.23. The predicted molar refractivity (Wildman–Crippen MR) is 78.3 cm³/mol. The van der Waals surface area contributed by atoms with E-state index in [9.17, 15) is 4.79 Å². The Morgan fingerprint density at radius 1 is 1.33 bits per heavy atom. The highest BCUT2D eigenvalue weighted by molar-refractivity contribution is 7.12. The predicted octanol–water partition coefficient (Wildman–Crippen LogP) is 0.951. The van der Waals surface area contributed by atoms with Crippen molar-refractivity contribution in [2.45, 2.75) is 39.8 Å². The van der Waals surface area contributed by atoms with E-state index in [1.807, 2.05) is 20.8 Å². The summed E-state index contributed by atoms with van der Waals surface area (Å²) < 4.78 is 5.64. The van der Waals surface area contributed by atoms with Gasteiger partial charge in [0.15, 0.2) is 10.7 Å². The number of tetrazole rings is 1. The lowest BCUT2D eigenvalue weighted by Gasteiger charge is -2.15. The largest absolute Gasteiger partial charge is 0.291 e. The molecular weight excluding hydrogens is 290 g/mol. The molecule has 0 aliphatic carbocycles. The van der Waals surface area contributed by atoms with E-state index >= 15 is 0 Å². The van der Waals surface area contributed by atoms with E-state index in [1.54, 1.807) is 6.92 Å². The molecule has 3 heterocycles. The van der Waals surface area contributed by atoms with Crippen LogP contribution in [0, 0.1) is 6.92 Å². The monoisotopic (exact) mass is 305 g/mol. The maximum Gasteiger partial charge on any atom is 0.264 e. The minimum absolute atomic E-state index is 0.127. The van der Waals surface area contributed by atoms with E-state index in [1.165, 1.54) is 27.2 Å². The molecule has 0 aliphatic heterocycles. The topological polar surface area (TPSA) is 91.4 Å². The molecule has 3 aromatic heterocycles. The quantitative estimate of drug-likeness (QED) is 0.700. The fraction of sp³-hybridized carbons (Fsp3) is 0.500. The van der Waals surface area contributed by atoms with Crippen molar-refractivity contribution in [3.63, 3.8) is 0 Å². The van der Waals surface area contributed by atoms with Crippen molar-refractivity contribution < 1.29 is 0 Å². The van der Waals surface area contributed by atoms with Gasteiger partial charge in [-0.15, -0.1) is 10.2 Å². The number of aromatic nitrogens is 7. The molecule has 0 atom stereocenters. The van der Waals surface area contributed by atoms with Gasteiger partial charge in [0, 0.05) is 0 Å². The molecule has 0 aliphatic rings. The second kappa shape index (κ2) is 4.69. The maximum atomic E-state index is 12.4. The lowest BCUT2D eigenvalue weighted by molar-refractivity contribution is 0.305. The van der Waals surface area contributed by atoms with Gasteiger partial charge >= 0.3 is 0 Å². The molecule has 0 amide bonds. The fourth-order valence-electron chi connectivity index (χ4n) is 1.87. The van der Waals surface area contributed by atoms with Crippen LogP contribution in [0.3, 0.4) is 0 Å². The summed E-state index contributed by atoms with van der Waals surface area (Å²) in [6.07, 6.45) is 1.50. The van der Waals surface area contributed by atoms with Crippen molar-refractivity contribution in [3.8, 4) is 0 Å². The Kier molecular flexibility index (Phi) is 3.08. The van der Waals surface area contributed by atoms with Gasteiger partial charge in [-0.3, -0.25) is 9.36 Å². The van der Waals surface area contributed by atoms with Crippen molar-refractivity contribution in [2.24, 2.45) is 0 Å². The minimum atomic E-state index is -0.244. The summed E-state index contributed by atoms with van der Waals surface area (Å²) in [5.41, 5.74) is 0.332. The Hall–Kier alpha value is -2.16. The van der Waals surface area contributed by atoms with Gasteiger partial charge < -0.3 is 0 Å². The molecular formula is C12H15N7OS. The number of nitrogens with zero attached hydrogens (tertiary/aromatic N) is 7. The molecule has 3 aromatic rings. The molecule has 0 aromatic carbocycles. The first kappa shape index (κ1) is 13.8. The fourth-order valence-corrected chi connectivity index (χ4v) is 2.60. The lowest BCUT2D eigenvalue weighted by Crippen LogP contribution is -2.25. The van der Waals surface area contributed by atoms with Crippen LogP contribution in [0.2, 0.25) is 0 Å². The van der Waals surface area contributed by atoms with Crippen molar-refractivity contribution >= 4 is 21.7 Å². The Balaban J connectivity index is 1.99. The van der Waals surface area contributed by atoms with Crippen LogP contribution in [0.1, 0.15) is 32.3 Å². The lowest BCUT2D eigenvalue weighted by atomic mass is 10.1. The van der Waals surface area contributed by atoms with E-state index in [0.29, 0.717) is 21.7 Å². The number of fused-ring (bicyclic) bond motifs is 1. The summed E-state index contributed by atoms with van der Waals surface area (Å²) in [5.74, 6) is 0.481.